The van der Waals surface area contributed by atoms with Gasteiger partial charge in [0.25, 0.3) is 0 Å². The van der Waals surface area contributed by atoms with Gasteiger partial charge in [0.1, 0.15) is 22.6 Å². The molecule has 0 fully saturated rings. The van der Waals surface area contributed by atoms with E-state index in [9.17, 15) is 19.8 Å². The minimum atomic E-state index is -0.678. The summed E-state index contributed by atoms with van der Waals surface area (Å²) in [5, 5.41) is 25.0. The average molecular weight is 430 g/mol. The zero-order chi connectivity index (χ0) is 22.8. The molecule has 4 aromatic carbocycles. The maximum atomic E-state index is 12.6. The summed E-state index contributed by atoms with van der Waals surface area (Å²) in [5.41, 5.74) is 0.438. The number of esters is 2. The Balaban J connectivity index is 2.16. The van der Waals surface area contributed by atoms with Crippen molar-refractivity contribution in [2.45, 2.75) is 13.8 Å². The quantitative estimate of drug-likeness (QED) is 0.411. The number of aromatic hydroxyl groups is 2. The minimum Gasteiger partial charge on any atom is -0.506 e. The summed E-state index contributed by atoms with van der Waals surface area (Å²) in [4.78, 5) is 25.2. The number of fused-ring (bicyclic) bond motifs is 2. The molecule has 0 saturated heterocycles. The monoisotopic (exact) mass is 430 g/mol. The molecule has 0 radical (unpaired) electrons. The summed E-state index contributed by atoms with van der Waals surface area (Å²) in [6.07, 6.45) is 0. The second-order valence-corrected chi connectivity index (χ2v) is 7.18. The van der Waals surface area contributed by atoms with Crippen LogP contribution in [-0.4, -0.2) is 35.4 Å². The van der Waals surface area contributed by atoms with Crippen molar-refractivity contribution >= 4 is 33.5 Å². The van der Waals surface area contributed by atoms with Gasteiger partial charge in [-0.2, -0.15) is 0 Å². The van der Waals surface area contributed by atoms with Crippen LogP contribution < -0.4 is 0 Å². The molecule has 0 saturated carbocycles. The first-order valence-corrected chi connectivity index (χ1v) is 10.3. The Labute approximate surface area is 184 Å². The number of hydrogen-bond donors (Lipinski definition) is 2. The standard InChI is InChI=1S/C26H22O6/c1-3-31-25(29)19-13-15-9-5-7-11-17(15)21(23(19)27)22-18-12-8-6-10-16(18)14-20(24(22)28)26(30)32-4-2/h5-14,27-28H,3-4H2,1-2H3. The maximum Gasteiger partial charge on any atom is 0.341 e. The highest BCUT2D eigenvalue weighted by Gasteiger charge is 2.26. The minimum absolute atomic E-state index is 0.0226. The third-order valence-electron chi connectivity index (χ3n) is 5.28. The smallest absolute Gasteiger partial charge is 0.341 e. The fraction of sp³-hybridized carbons (Fsp3) is 0.154. The predicted octanol–water partition coefficient (Wildman–Crippen LogP) is 5.42. The second kappa shape index (κ2) is 8.59. The van der Waals surface area contributed by atoms with Crippen LogP contribution in [0, 0.1) is 0 Å². The lowest BCUT2D eigenvalue weighted by atomic mass is 9.89. The Bertz CT molecular complexity index is 1250. The predicted molar refractivity (Wildman–Crippen MR) is 122 cm³/mol. The van der Waals surface area contributed by atoms with Crippen molar-refractivity contribution in [3.8, 4) is 22.6 Å². The number of benzene rings is 4. The van der Waals surface area contributed by atoms with Gasteiger partial charge < -0.3 is 19.7 Å². The van der Waals surface area contributed by atoms with Crippen molar-refractivity contribution in [1.82, 2.24) is 0 Å². The van der Waals surface area contributed by atoms with E-state index in [-0.39, 0.29) is 47.0 Å². The van der Waals surface area contributed by atoms with Gasteiger partial charge in [-0.15, -0.1) is 0 Å². The largest absolute Gasteiger partial charge is 0.506 e. The van der Waals surface area contributed by atoms with Crippen molar-refractivity contribution in [2.24, 2.45) is 0 Å². The van der Waals surface area contributed by atoms with E-state index in [4.69, 9.17) is 9.47 Å². The second-order valence-electron chi connectivity index (χ2n) is 7.18. The Morgan fingerprint density at radius 2 is 1.06 bits per heavy atom. The highest BCUT2D eigenvalue weighted by molar-refractivity contribution is 6.15. The molecule has 0 amide bonds. The Morgan fingerprint density at radius 1 is 0.688 bits per heavy atom. The van der Waals surface area contributed by atoms with E-state index in [1.165, 1.54) is 0 Å². The zero-order valence-electron chi connectivity index (χ0n) is 17.7. The molecule has 4 rings (SSSR count). The fourth-order valence-corrected chi connectivity index (χ4v) is 3.91. The van der Waals surface area contributed by atoms with Gasteiger partial charge in [0.15, 0.2) is 0 Å². The highest BCUT2D eigenvalue weighted by Crippen LogP contribution is 2.47. The summed E-state index contributed by atoms with van der Waals surface area (Å²) in [6.45, 7) is 3.65. The molecular formula is C26H22O6. The molecule has 4 aromatic rings. The van der Waals surface area contributed by atoms with E-state index in [0.717, 1.165) is 0 Å². The highest BCUT2D eigenvalue weighted by atomic mass is 16.5. The third kappa shape index (κ3) is 3.50. The maximum absolute atomic E-state index is 12.6. The van der Waals surface area contributed by atoms with Crippen LogP contribution in [0.1, 0.15) is 34.6 Å². The lowest BCUT2D eigenvalue weighted by Crippen LogP contribution is -2.07. The third-order valence-corrected chi connectivity index (χ3v) is 5.28. The first kappa shape index (κ1) is 21.2. The van der Waals surface area contributed by atoms with Crippen molar-refractivity contribution in [3.05, 3.63) is 71.8 Å². The number of phenols is 2. The SMILES string of the molecule is CCOC(=O)c1cc2ccccc2c(-c2c(O)c(C(=O)OCC)cc3ccccc23)c1O. The molecule has 162 valence electrons. The summed E-state index contributed by atoms with van der Waals surface area (Å²) in [5.74, 6) is -2.02. The molecule has 0 spiro atoms. The summed E-state index contributed by atoms with van der Waals surface area (Å²) in [7, 11) is 0. The van der Waals surface area contributed by atoms with E-state index >= 15 is 0 Å². The summed E-state index contributed by atoms with van der Waals surface area (Å²) >= 11 is 0. The van der Waals surface area contributed by atoms with Gasteiger partial charge in [0.05, 0.1) is 13.2 Å². The molecule has 6 heteroatoms. The number of phenolic OH excluding ortho intramolecular Hbond substituents is 2. The molecule has 0 aromatic heterocycles. The molecule has 32 heavy (non-hydrogen) atoms. The molecule has 2 N–H and O–H groups in total. The first-order chi connectivity index (χ1) is 15.5. The van der Waals surface area contributed by atoms with E-state index in [0.29, 0.717) is 21.5 Å². The Hall–Kier alpha value is -4.06. The fourth-order valence-electron chi connectivity index (χ4n) is 3.91. The molecule has 0 aliphatic heterocycles. The van der Waals surface area contributed by atoms with E-state index in [2.05, 4.69) is 0 Å². The van der Waals surface area contributed by atoms with E-state index in [1.807, 2.05) is 12.1 Å². The van der Waals surface area contributed by atoms with Gasteiger partial charge in [0.2, 0.25) is 0 Å². The van der Waals surface area contributed by atoms with Crippen molar-refractivity contribution in [1.29, 1.82) is 0 Å². The number of rotatable bonds is 5. The normalized spacial score (nSPS) is 10.9. The zero-order valence-corrected chi connectivity index (χ0v) is 17.7. The molecule has 6 nitrogen and oxygen atoms in total. The van der Waals surface area contributed by atoms with Crippen molar-refractivity contribution in [2.75, 3.05) is 13.2 Å². The van der Waals surface area contributed by atoms with Crippen LogP contribution in [-0.2, 0) is 9.47 Å². The van der Waals surface area contributed by atoms with Crippen LogP contribution in [0.4, 0.5) is 0 Å². The molecule has 0 aliphatic carbocycles. The Kier molecular flexibility index (Phi) is 5.69. The van der Waals surface area contributed by atoms with Crippen LogP contribution in [0.5, 0.6) is 11.5 Å². The summed E-state index contributed by atoms with van der Waals surface area (Å²) < 4.78 is 10.2. The van der Waals surface area contributed by atoms with Gasteiger partial charge in [0, 0.05) is 11.1 Å². The van der Waals surface area contributed by atoms with Gasteiger partial charge >= 0.3 is 11.9 Å². The first-order valence-electron chi connectivity index (χ1n) is 10.3. The van der Waals surface area contributed by atoms with Crippen LogP contribution in [0.3, 0.4) is 0 Å². The molecule has 0 heterocycles. The van der Waals surface area contributed by atoms with Crippen molar-refractivity contribution in [3.63, 3.8) is 0 Å². The summed E-state index contributed by atoms with van der Waals surface area (Å²) in [6, 6.07) is 17.5. The van der Waals surface area contributed by atoms with Crippen LogP contribution in [0.2, 0.25) is 0 Å². The molecular weight excluding hydrogens is 408 g/mol. The average Bonchev–Trinajstić information content (AvgIpc) is 2.79. The van der Waals surface area contributed by atoms with Crippen molar-refractivity contribution < 1.29 is 29.3 Å². The van der Waals surface area contributed by atoms with Gasteiger partial charge in [-0.05, 0) is 47.5 Å². The van der Waals surface area contributed by atoms with Gasteiger partial charge in [-0.1, -0.05) is 48.5 Å². The van der Waals surface area contributed by atoms with E-state index < -0.39 is 11.9 Å². The molecule has 0 unspecified atom stereocenters. The van der Waals surface area contributed by atoms with E-state index in [1.54, 1.807) is 62.4 Å². The Morgan fingerprint density at radius 3 is 1.44 bits per heavy atom. The molecule has 0 atom stereocenters. The van der Waals surface area contributed by atoms with Crippen LogP contribution in [0.25, 0.3) is 32.7 Å². The topological polar surface area (TPSA) is 93.1 Å². The molecule has 0 aliphatic rings. The number of hydrogen-bond acceptors (Lipinski definition) is 6. The van der Waals surface area contributed by atoms with Crippen LogP contribution >= 0.6 is 0 Å². The van der Waals surface area contributed by atoms with Gasteiger partial charge in [-0.3, -0.25) is 0 Å². The lowest BCUT2D eigenvalue weighted by molar-refractivity contribution is 0.0513. The lowest BCUT2D eigenvalue weighted by Gasteiger charge is -2.18. The van der Waals surface area contributed by atoms with Gasteiger partial charge in [-0.25, -0.2) is 9.59 Å². The number of carbonyl (C=O) groups is 2. The molecule has 0 bridgehead atoms. The number of ether oxygens (including phenoxy) is 2. The van der Waals surface area contributed by atoms with Crippen LogP contribution in [0.15, 0.2) is 60.7 Å². The number of carbonyl (C=O) groups excluding carboxylic acids is 2.